The first-order chi connectivity index (χ1) is 20.3. The molecule has 0 aromatic heterocycles. The molecule has 1 heteroatoms. The zero-order chi connectivity index (χ0) is 29.9. The van der Waals surface area contributed by atoms with Gasteiger partial charge in [-0.25, -0.2) is 0 Å². The summed E-state index contributed by atoms with van der Waals surface area (Å²) in [6, 6.07) is 0. The predicted octanol–water partition coefficient (Wildman–Crippen LogP) is 15.0. The number of hydrogen-bond acceptors (Lipinski definition) is 1. The minimum Gasteiger partial charge on any atom is -0.473 e. The van der Waals surface area contributed by atoms with Crippen LogP contribution in [0.15, 0.2) is 24.7 Å². The molecular weight excluding hydrogens is 496 g/mol. The third-order valence-corrected chi connectivity index (χ3v) is 9.26. The molecule has 0 saturated heterocycles. The molecule has 2 unspecified atom stereocenters. The van der Waals surface area contributed by atoms with Crippen molar-refractivity contribution in [3.63, 3.8) is 0 Å². The van der Waals surface area contributed by atoms with Gasteiger partial charge < -0.3 is 4.74 Å². The van der Waals surface area contributed by atoms with Crippen LogP contribution in [0.1, 0.15) is 220 Å². The zero-order valence-corrected chi connectivity index (χ0v) is 29.1. The summed E-state index contributed by atoms with van der Waals surface area (Å²) >= 11 is 0. The van der Waals surface area contributed by atoms with Crippen LogP contribution in [0.2, 0.25) is 0 Å². The van der Waals surface area contributed by atoms with Gasteiger partial charge in [-0.15, -0.1) is 0 Å². The topological polar surface area (TPSA) is 9.23 Å². The number of ether oxygens (including phenoxy) is 1. The lowest BCUT2D eigenvalue weighted by molar-refractivity contribution is 0.383. The fraction of sp³-hybridized carbons (Fsp3) is 0.900. The Labute approximate surface area is 261 Å². The molecule has 0 fully saturated rings. The smallest absolute Gasteiger partial charge is 0.0864 e. The Kier molecular flexibility index (Phi) is 34.9. The van der Waals surface area contributed by atoms with Crippen LogP contribution >= 0.6 is 0 Å². The Morgan fingerprint density at radius 2 is 0.585 bits per heavy atom. The maximum absolute atomic E-state index is 5.77. The van der Waals surface area contributed by atoms with Gasteiger partial charge in [0, 0.05) is 0 Å². The lowest BCUT2D eigenvalue weighted by Crippen LogP contribution is -1.96. The van der Waals surface area contributed by atoms with E-state index >= 15 is 0 Å². The molecule has 0 aromatic carbocycles. The summed E-state index contributed by atoms with van der Waals surface area (Å²) in [5.74, 6) is 1.34. The maximum Gasteiger partial charge on any atom is 0.0864 e. The molecule has 0 aliphatic carbocycles. The van der Waals surface area contributed by atoms with Gasteiger partial charge in [0.15, 0.2) is 0 Å². The summed E-state index contributed by atoms with van der Waals surface area (Å²) in [4.78, 5) is 0. The van der Waals surface area contributed by atoms with E-state index in [1.165, 1.54) is 193 Å². The van der Waals surface area contributed by atoms with Crippen LogP contribution in [0, 0.1) is 11.8 Å². The molecule has 41 heavy (non-hydrogen) atoms. The van der Waals surface area contributed by atoms with Crippen molar-refractivity contribution in [1.29, 1.82) is 0 Å². The molecule has 2 atom stereocenters. The maximum atomic E-state index is 5.77. The van der Waals surface area contributed by atoms with Crippen molar-refractivity contribution >= 4 is 0 Å². The Hall–Kier alpha value is -0.720. The summed E-state index contributed by atoms with van der Waals surface area (Å²) in [6.45, 7) is 9.23. The van der Waals surface area contributed by atoms with Gasteiger partial charge >= 0.3 is 0 Å². The van der Waals surface area contributed by atoms with E-state index in [-0.39, 0.29) is 0 Å². The Bertz CT molecular complexity index is 475. The van der Waals surface area contributed by atoms with E-state index in [1.54, 1.807) is 0 Å². The van der Waals surface area contributed by atoms with E-state index in [9.17, 15) is 0 Å². The first-order valence-corrected chi connectivity index (χ1v) is 19.3. The molecule has 0 aliphatic heterocycles. The first kappa shape index (κ1) is 40.3. The predicted molar refractivity (Wildman–Crippen MR) is 188 cm³/mol. The molecule has 0 radical (unpaired) electrons. The summed E-state index contributed by atoms with van der Waals surface area (Å²) in [5, 5.41) is 0. The standard InChI is InChI=1S/C40H78O/c1-5-9-11-13-15-17-19-21-23-25-27-29-31-33-39(7-3)35-37-41-38-36-40(8-4)34-32-30-28-26-24-22-20-18-16-14-12-10-6-2/h35-40H,5-34H2,1-4H3. The average molecular weight is 575 g/mol. The van der Waals surface area contributed by atoms with Crippen LogP contribution in [0.25, 0.3) is 0 Å². The number of rotatable bonds is 34. The lowest BCUT2D eigenvalue weighted by atomic mass is 9.97. The summed E-state index contributed by atoms with van der Waals surface area (Å²) in [5.41, 5.74) is 0. The van der Waals surface area contributed by atoms with Crippen molar-refractivity contribution in [2.75, 3.05) is 0 Å². The lowest BCUT2D eigenvalue weighted by Gasteiger charge is -2.10. The van der Waals surface area contributed by atoms with Gasteiger partial charge in [0.1, 0.15) is 0 Å². The molecule has 0 aromatic rings. The quantitative estimate of drug-likeness (QED) is 0.0548. The van der Waals surface area contributed by atoms with Gasteiger partial charge in [-0.1, -0.05) is 195 Å². The second kappa shape index (κ2) is 35.5. The van der Waals surface area contributed by atoms with Crippen LogP contribution in [-0.4, -0.2) is 0 Å². The van der Waals surface area contributed by atoms with Gasteiger partial charge in [0.25, 0.3) is 0 Å². The third-order valence-electron chi connectivity index (χ3n) is 9.26. The molecular formula is C40H78O. The zero-order valence-electron chi connectivity index (χ0n) is 29.1. The molecule has 0 bridgehead atoms. The molecule has 0 rings (SSSR count). The van der Waals surface area contributed by atoms with E-state index < -0.39 is 0 Å². The van der Waals surface area contributed by atoms with Crippen LogP contribution in [0.5, 0.6) is 0 Å². The van der Waals surface area contributed by atoms with Gasteiger partial charge in [-0.3, -0.25) is 0 Å². The molecule has 244 valence electrons. The van der Waals surface area contributed by atoms with Gasteiger partial charge in [-0.05, 0) is 49.7 Å². The molecule has 0 heterocycles. The minimum atomic E-state index is 0.670. The SMILES string of the molecule is CCCCCCCCCCCCCCCC(C=COC=CC(CC)CCCCCCCCCCCCCCC)CC. The van der Waals surface area contributed by atoms with E-state index in [0.717, 1.165) is 0 Å². The first-order valence-electron chi connectivity index (χ1n) is 19.3. The fourth-order valence-corrected chi connectivity index (χ4v) is 6.08. The summed E-state index contributed by atoms with van der Waals surface area (Å²) in [7, 11) is 0. The van der Waals surface area contributed by atoms with Gasteiger partial charge in [-0.2, -0.15) is 0 Å². The molecule has 0 saturated carbocycles. The van der Waals surface area contributed by atoms with Crippen LogP contribution in [-0.2, 0) is 4.74 Å². The van der Waals surface area contributed by atoms with E-state index in [1.807, 2.05) is 12.5 Å². The van der Waals surface area contributed by atoms with Crippen LogP contribution in [0.3, 0.4) is 0 Å². The van der Waals surface area contributed by atoms with E-state index in [4.69, 9.17) is 4.74 Å². The van der Waals surface area contributed by atoms with Crippen LogP contribution < -0.4 is 0 Å². The number of hydrogen-bond donors (Lipinski definition) is 0. The van der Waals surface area contributed by atoms with Crippen molar-refractivity contribution in [3.05, 3.63) is 24.7 Å². The largest absolute Gasteiger partial charge is 0.473 e. The van der Waals surface area contributed by atoms with Crippen molar-refractivity contribution in [3.8, 4) is 0 Å². The highest BCUT2D eigenvalue weighted by Crippen LogP contribution is 2.19. The third kappa shape index (κ3) is 32.0. The highest BCUT2D eigenvalue weighted by atomic mass is 16.5. The van der Waals surface area contributed by atoms with Crippen molar-refractivity contribution in [2.24, 2.45) is 11.8 Å². The van der Waals surface area contributed by atoms with E-state index in [0.29, 0.717) is 11.8 Å². The summed E-state index contributed by atoms with van der Waals surface area (Å²) < 4.78 is 5.77. The number of unbranched alkanes of at least 4 members (excludes halogenated alkanes) is 24. The highest BCUT2D eigenvalue weighted by Gasteiger charge is 2.03. The molecule has 0 N–H and O–H groups in total. The van der Waals surface area contributed by atoms with Gasteiger partial charge in [0.2, 0.25) is 0 Å². The monoisotopic (exact) mass is 575 g/mol. The number of allylic oxidation sites excluding steroid dienone is 2. The Balaban J connectivity index is 3.64. The van der Waals surface area contributed by atoms with Crippen molar-refractivity contribution in [2.45, 2.75) is 220 Å². The van der Waals surface area contributed by atoms with Crippen LogP contribution in [0.4, 0.5) is 0 Å². The second-order valence-corrected chi connectivity index (χ2v) is 13.2. The minimum absolute atomic E-state index is 0.670. The fourth-order valence-electron chi connectivity index (χ4n) is 6.08. The van der Waals surface area contributed by atoms with Crippen molar-refractivity contribution < 1.29 is 4.74 Å². The second-order valence-electron chi connectivity index (χ2n) is 13.2. The molecule has 0 amide bonds. The van der Waals surface area contributed by atoms with Gasteiger partial charge in [0.05, 0.1) is 12.5 Å². The summed E-state index contributed by atoms with van der Waals surface area (Å²) in [6.07, 6.45) is 50.8. The Morgan fingerprint density at radius 1 is 0.341 bits per heavy atom. The highest BCUT2D eigenvalue weighted by molar-refractivity contribution is 4.87. The average Bonchev–Trinajstić information content (AvgIpc) is 2.99. The van der Waals surface area contributed by atoms with E-state index in [2.05, 4.69) is 39.8 Å². The molecule has 0 spiro atoms. The molecule has 0 aliphatic rings. The van der Waals surface area contributed by atoms with Crippen molar-refractivity contribution in [1.82, 2.24) is 0 Å². The Morgan fingerprint density at radius 3 is 0.829 bits per heavy atom. The molecule has 1 nitrogen and oxygen atoms in total. The normalized spacial score (nSPS) is 13.5.